The van der Waals surface area contributed by atoms with Crippen LogP contribution in [-0.4, -0.2) is 10.9 Å². The molecule has 72 valence electrons. The van der Waals surface area contributed by atoms with Gasteiger partial charge in [0.25, 0.3) is 0 Å². The van der Waals surface area contributed by atoms with Gasteiger partial charge in [0.1, 0.15) is 0 Å². The lowest BCUT2D eigenvalue weighted by molar-refractivity contribution is -0.114. The first-order chi connectivity index (χ1) is 6.00. The minimum absolute atomic E-state index is 0.0657. The fourth-order valence-electron chi connectivity index (χ4n) is 1.15. The van der Waals surface area contributed by atoms with E-state index in [1.807, 2.05) is 6.92 Å². The van der Waals surface area contributed by atoms with Crippen LogP contribution in [0.5, 0.6) is 0 Å². The molecule has 0 spiro atoms. The van der Waals surface area contributed by atoms with Crippen molar-refractivity contribution in [3.8, 4) is 0 Å². The summed E-state index contributed by atoms with van der Waals surface area (Å²) in [5, 5.41) is 3.39. The molecular formula is C9H14N2OS. The Morgan fingerprint density at radius 1 is 1.54 bits per heavy atom. The lowest BCUT2D eigenvalue weighted by Crippen LogP contribution is -2.05. The predicted octanol–water partition coefficient (Wildman–Crippen LogP) is 2.53. The molecule has 1 aromatic heterocycles. The van der Waals surface area contributed by atoms with Crippen molar-refractivity contribution in [3.05, 3.63) is 10.6 Å². The molecule has 0 unspecified atom stereocenters. The van der Waals surface area contributed by atoms with E-state index >= 15 is 0 Å². The van der Waals surface area contributed by atoms with Crippen LogP contribution in [0.4, 0.5) is 5.13 Å². The molecule has 0 saturated carbocycles. The van der Waals surface area contributed by atoms with E-state index in [-0.39, 0.29) is 5.91 Å². The van der Waals surface area contributed by atoms with E-state index in [9.17, 15) is 4.79 Å². The van der Waals surface area contributed by atoms with Gasteiger partial charge in [-0.05, 0) is 12.8 Å². The molecule has 1 heterocycles. The van der Waals surface area contributed by atoms with Crippen molar-refractivity contribution < 1.29 is 4.79 Å². The highest BCUT2D eigenvalue weighted by Crippen LogP contribution is 2.27. The van der Waals surface area contributed by atoms with Gasteiger partial charge in [-0.1, -0.05) is 13.8 Å². The molecule has 3 nitrogen and oxygen atoms in total. The van der Waals surface area contributed by atoms with Crippen LogP contribution < -0.4 is 5.32 Å². The number of carbonyl (C=O) groups excluding carboxylic acids is 1. The maximum atomic E-state index is 10.8. The first-order valence-electron chi connectivity index (χ1n) is 4.25. The largest absolute Gasteiger partial charge is 0.302 e. The Kier molecular flexibility index (Phi) is 3.03. The Morgan fingerprint density at radius 3 is 2.54 bits per heavy atom. The summed E-state index contributed by atoms with van der Waals surface area (Å²) in [7, 11) is 0. The second kappa shape index (κ2) is 3.87. The highest BCUT2D eigenvalue weighted by molar-refractivity contribution is 7.15. The van der Waals surface area contributed by atoms with Gasteiger partial charge in [0.15, 0.2) is 5.13 Å². The van der Waals surface area contributed by atoms with E-state index < -0.39 is 0 Å². The summed E-state index contributed by atoms with van der Waals surface area (Å²) in [5.41, 5.74) is 1.08. The van der Waals surface area contributed by atoms with E-state index in [1.165, 1.54) is 23.1 Å². The Labute approximate surface area is 82.2 Å². The van der Waals surface area contributed by atoms with Gasteiger partial charge in [-0.15, -0.1) is 11.3 Å². The quantitative estimate of drug-likeness (QED) is 0.793. The summed E-state index contributed by atoms with van der Waals surface area (Å²) in [5.74, 6) is 0.350. The van der Waals surface area contributed by atoms with Crippen LogP contribution in [0.25, 0.3) is 0 Å². The van der Waals surface area contributed by atoms with E-state index in [0.717, 1.165) is 5.69 Å². The van der Waals surface area contributed by atoms with Crippen molar-refractivity contribution in [1.29, 1.82) is 0 Å². The molecule has 1 amide bonds. The molecule has 0 bridgehead atoms. The number of nitrogens with one attached hydrogen (secondary N) is 1. The second-order valence-electron chi connectivity index (χ2n) is 3.30. The van der Waals surface area contributed by atoms with Crippen molar-refractivity contribution in [2.24, 2.45) is 0 Å². The van der Waals surface area contributed by atoms with Crippen molar-refractivity contribution in [3.63, 3.8) is 0 Å². The highest BCUT2D eigenvalue weighted by Gasteiger charge is 2.10. The van der Waals surface area contributed by atoms with E-state index in [1.54, 1.807) is 0 Å². The van der Waals surface area contributed by atoms with Crippen LogP contribution >= 0.6 is 11.3 Å². The fourth-order valence-corrected chi connectivity index (χ4v) is 2.16. The first kappa shape index (κ1) is 10.2. The van der Waals surface area contributed by atoms with Crippen LogP contribution in [0, 0.1) is 6.92 Å². The number of nitrogens with zero attached hydrogens (tertiary/aromatic N) is 1. The summed E-state index contributed by atoms with van der Waals surface area (Å²) >= 11 is 1.53. The van der Waals surface area contributed by atoms with Crippen LogP contribution in [0.2, 0.25) is 0 Å². The summed E-state index contributed by atoms with van der Waals surface area (Å²) in [6.45, 7) is 7.71. The molecule has 0 aliphatic heterocycles. The number of aromatic nitrogens is 1. The molecule has 0 fully saturated rings. The topological polar surface area (TPSA) is 42.0 Å². The summed E-state index contributed by atoms with van der Waals surface area (Å²) in [6.07, 6.45) is 0. The van der Waals surface area contributed by atoms with Crippen LogP contribution in [0.1, 0.15) is 37.3 Å². The summed E-state index contributed by atoms with van der Waals surface area (Å²) < 4.78 is 0. The molecule has 0 aromatic carbocycles. The Balaban J connectivity index is 2.88. The van der Waals surface area contributed by atoms with Crippen molar-refractivity contribution >= 4 is 22.4 Å². The number of aryl methyl sites for hydroxylation is 1. The molecule has 0 radical (unpaired) electrons. The number of thiazole rings is 1. The van der Waals surface area contributed by atoms with Crippen molar-refractivity contribution in [2.45, 2.75) is 33.6 Å². The van der Waals surface area contributed by atoms with Gasteiger partial charge >= 0.3 is 0 Å². The number of hydrogen-bond acceptors (Lipinski definition) is 3. The van der Waals surface area contributed by atoms with Crippen LogP contribution in [0.3, 0.4) is 0 Å². The lowest BCUT2D eigenvalue weighted by Gasteiger charge is -1.99. The van der Waals surface area contributed by atoms with Gasteiger partial charge in [0.2, 0.25) is 5.91 Å². The van der Waals surface area contributed by atoms with Gasteiger partial charge in [0, 0.05) is 11.8 Å². The smallest absolute Gasteiger partial charge is 0.223 e. The monoisotopic (exact) mass is 198 g/mol. The molecule has 0 atom stereocenters. The fraction of sp³-hybridized carbons (Fsp3) is 0.556. The third-order valence-electron chi connectivity index (χ3n) is 1.66. The molecule has 0 aliphatic carbocycles. The average molecular weight is 198 g/mol. The molecule has 4 heteroatoms. The molecule has 13 heavy (non-hydrogen) atoms. The average Bonchev–Trinajstić information content (AvgIpc) is 2.29. The van der Waals surface area contributed by atoms with E-state index in [0.29, 0.717) is 11.0 Å². The van der Waals surface area contributed by atoms with E-state index in [2.05, 4.69) is 24.1 Å². The van der Waals surface area contributed by atoms with Crippen molar-refractivity contribution in [2.75, 3.05) is 5.32 Å². The molecule has 0 saturated heterocycles. The predicted molar refractivity (Wildman–Crippen MR) is 55.2 cm³/mol. The van der Waals surface area contributed by atoms with Crippen LogP contribution in [0.15, 0.2) is 0 Å². The molecule has 1 aromatic rings. The highest BCUT2D eigenvalue weighted by atomic mass is 32.1. The number of hydrogen-bond donors (Lipinski definition) is 1. The molecule has 0 aliphatic rings. The third kappa shape index (κ3) is 2.52. The second-order valence-corrected chi connectivity index (χ2v) is 4.50. The molecule has 1 N–H and O–H groups in total. The zero-order valence-electron chi connectivity index (χ0n) is 8.34. The summed E-state index contributed by atoms with van der Waals surface area (Å²) in [6, 6.07) is 0. The number of rotatable bonds is 2. The summed E-state index contributed by atoms with van der Waals surface area (Å²) in [4.78, 5) is 16.3. The van der Waals surface area contributed by atoms with Gasteiger partial charge in [0.05, 0.1) is 5.69 Å². The van der Waals surface area contributed by atoms with Gasteiger partial charge in [-0.25, -0.2) is 4.98 Å². The van der Waals surface area contributed by atoms with E-state index in [4.69, 9.17) is 0 Å². The molecule has 1 rings (SSSR count). The van der Waals surface area contributed by atoms with Gasteiger partial charge in [-0.3, -0.25) is 4.79 Å². The SMILES string of the molecule is CC(=O)Nc1nc(C(C)C)c(C)s1. The number of anilines is 1. The third-order valence-corrected chi connectivity index (χ3v) is 2.56. The standard InChI is InChI=1S/C9H14N2OS/c1-5(2)8-6(3)13-9(11-8)10-7(4)12/h5H,1-4H3,(H,10,11,12). The number of amides is 1. The van der Waals surface area contributed by atoms with Crippen molar-refractivity contribution in [1.82, 2.24) is 4.98 Å². The number of carbonyl (C=O) groups is 1. The Hall–Kier alpha value is -0.900. The zero-order chi connectivity index (χ0) is 10.0. The minimum atomic E-state index is -0.0657. The normalized spacial score (nSPS) is 10.5. The maximum Gasteiger partial charge on any atom is 0.223 e. The maximum absolute atomic E-state index is 10.8. The molecular weight excluding hydrogens is 184 g/mol. The minimum Gasteiger partial charge on any atom is -0.302 e. The Bertz CT molecular complexity index is 317. The van der Waals surface area contributed by atoms with Gasteiger partial charge in [-0.2, -0.15) is 0 Å². The lowest BCUT2D eigenvalue weighted by atomic mass is 10.1. The zero-order valence-corrected chi connectivity index (χ0v) is 9.16. The van der Waals surface area contributed by atoms with Crippen LogP contribution in [-0.2, 0) is 4.79 Å². The van der Waals surface area contributed by atoms with Gasteiger partial charge < -0.3 is 5.32 Å². The Morgan fingerprint density at radius 2 is 2.15 bits per heavy atom. The first-order valence-corrected chi connectivity index (χ1v) is 5.07.